The van der Waals surface area contributed by atoms with Gasteiger partial charge in [-0.15, -0.1) is 0 Å². The maximum Gasteiger partial charge on any atom is 0.222 e. The fraction of sp³-hybridized carbons (Fsp3) is 0.467. The second-order valence-electron chi connectivity index (χ2n) is 5.15. The smallest absolute Gasteiger partial charge is 0.222 e. The van der Waals surface area contributed by atoms with Gasteiger partial charge in [0.2, 0.25) is 11.8 Å². The van der Waals surface area contributed by atoms with Crippen molar-refractivity contribution in [2.75, 3.05) is 13.1 Å². The number of hydrogen-bond acceptors (Lipinski definition) is 2. The number of amides is 2. The van der Waals surface area contributed by atoms with E-state index in [4.69, 9.17) is 17.3 Å². The summed E-state index contributed by atoms with van der Waals surface area (Å²) in [6.07, 6.45) is 2.44. The minimum Gasteiger partial charge on any atom is -0.369 e. The van der Waals surface area contributed by atoms with E-state index in [9.17, 15) is 9.59 Å². The standard InChI is InChI=1S/C15H19ClN2O2/c16-13-4-2-1-3-11(13)5-6-14(19)18-9-7-12(8-10-18)15(17)20/h1-4,12H,5-10H2,(H2,17,20). The van der Waals surface area contributed by atoms with E-state index >= 15 is 0 Å². The molecule has 0 radical (unpaired) electrons. The molecule has 5 heteroatoms. The quantitative estimate of drug-likeness (QED) is 0.923. The lowest BCUT2D eigenvalue weighted by Gasteiger charge is -2.30. The first kappa shape index (κ1) is 14.9. The predicted octanol–water partition coefficient (Wildman–Crippen LogP) is 2.00. The fourth-order valence-electron chi connectivity index (χ4n) is 2.51. The molecule has 108 valence electrons. The SMILES string of the molecule is NC(=O)C1CCN(C(=O)CCc2ccccc2Cl)CC1. The summed E-state index contributed by atoms with van der Waals surface area (Å²) in [6, 6.07) is 7.57. The second kappa shape index (κ2) is 6.75. The van der Waals surface area contributed by atoms with Gasteiger partial charge in [-0.05, 0) is 30.9 Å². The number of rotatable bonds is 4. The number of hydrogen-bond donors (Lipinski definition) is 1. The molecule has 0 saturated carbocycles. The van der Waals surface area contributed by atoms with Crippen LogP contribution in [0.25, 0.3) is 0 Å². The monoisotopic (exact) mass is 294 g/mol. The molecule has 20 heavy (non-hydrogen) atoms. The summed E-state index contributed by atoms with van der Waals surface area (Å²) in [5.74, 6) is -0.219. The van der Waals surface area contributed by atoms with Gasteiger partial charge in [0.15, 0.2) is 0 Å². The molecular formula is C15H19ClN2O2. The van der Waals surface area contributed by atoms with Crippen LogP contribution in [0.3, 0.4) is 0 Å². The van der Waals surface area contributed by atoms with Crippen molar-refractivity contribution in [3.05, 3.63) is 34.9 Å². The van der Waals surface area contributed by atoms with Gasteiger partial charge in [-0.3, -0.25) is 9.59 Å². The number of carbonyl (C=O) groups excluding carboxylic acids is 2. The van der Waals surface area contributed by atoms with Gasteiger partial charge >= 0.3 is 0 Å². The summed E-state index contributed by atoms with van der Waals surface area (Å²) in [5, 5.41) is 0.702. The Bertz CT molecular complexity index is 496. The van der Waals surface area contributed by atoms with Gasteiger partial charge in [-0.25, -0.2) is 0 Å². The van der Waals surface area contributed by atoms with Crippen molar-refractivity contribution in [3.63, 3.8) is 0 Å². The number of nitrogens with zero attached hydrogens (tertiary/aromatic N) is 1. The van der Waals surface area contributed by atoms with Crippen LogP contribution in [0, 0.1) is 5.92 Å². The van der Waals surface area contributed by atoms with Crippen LogP contribution in [0.5, 0.6) is 0 Å². The third-order valence-corrected chi connectivity index (χ3v) is 4.18. The van der Waals surface area contributed by atoms with E-state index in [2.05, 4.69) is 0 Å². The van der Waals surface area contributed by atoms with Crippen LogP contribution in [-0.4, -0.2) is 29.8 Å². The molecule has 2 rings (SSSR count). The Hall–Kier alpha value is -1.55. The zero-order chi connectivity index (χ0) is 14.5. The summed E-state index contributed by atoms with van der Waals surface area (Å²) < 4.78 is 0. The van der Waals surface area contributed by atoms with E-state index in [1.54, 1.807) is 0 Å². The van der Waals surface area contributed by atoms with Gasteiger partial charge in [0.1, 0.15) is 0 Å². The molecule has 2 N–H and O–H groups in total. The number of carbonyl (C=O) groups is 2. The molecule has 2 amide bonds. The fourth-order valence-corrected chi connectivity index (χ4v) is 2.74. The first-order valence-electron chi connectivity index (χ1n) is 6.88. The molecule has 1 heterocycles. The molecule has 0 atom stereocenters. The van der Waals surface area contributed by atoms with E-state index in [1.165, 1.54) is 0 Å². The van der Waals surface area contributed by atoms with Crippen LogP contribution < -0.4 is 5.73 Å². The number of piperidine rings is 1. The highest BCUT2D eigenvalue weighted by Crippen LogP contribution is 2.20. The van der Waals surface area contributed by atoms with Crippen LogP contribution in [0.1, 0.15) is 24.8 Å². The molecule has 0 aliphatic carbocycles. The summed E-state index contributed by atoms with van der Waals surface area (Å²) in [5.41, 5.74) is 6.28. The summed E-state index contributed by atoms with van der Waals surface area (Å²) >= 11 is 6.07. The zero-order valence-corrected chi connectivity index (χ0v) is 12.1. The summed E-state index contributed by atoms with van der Waals surface area (Å²) in [6.45, 7) is 1.24. The van der Waals surface area contributed by atoms with E-state index < -0.39 is 0 Å². The largest absolute Gasteiger partial charge is 0.369 e. The van der Waals surface area contributed by atoms with Crippen LogP contribution in [0.15, 0.2) is 24.3 Å². The van der Waals surface area contributed by atoms with E-state index in [1.807, 2.05) is 29.2 Å². The van der Waals surface area contributed by atoms with Gasteiger partial charge in [0, 0.05) is 30.5 Å². The van der Waals surface area contributed by atoms with Crippen molar-refractivity contribution in [1.29, 1.82) is 0 Å². The predicted molar refractivity (Wildman–Crippen MR) is 78.3 cm³/mol. The number of aryl methyl sites for hydroxylation is 1. The molecule has 4 nitrogen and oxygen atoms in total. The average Bonchev–Trinajstić information content (AvgIpc) is 2.46. The van der Waals surface area contributed by atoms with Gasteiger partial charge < -0.3 is 10.6 Å². The maximum atomic E-state index is 12.1. The molecule has 0 bridgehead atoms. The normalized spacial score (nSPS) is 16.1. The number of primary amides is 1. The number of nitrogens with two attached hydrogens (primary N) is 1. The highest BCUT2D eigenvalue weighted by molar-refractivity contribution is 6.31. The van der Waals surface area contributed by atoms with Crippen molar-refractivity contribution in [1.82, 2.24) is 4.90 Å². The van der Waals surface area contributed by atoms with E-state index in [-0.39, 0.29) is 17.7 Å². The van der Waals surface area contributed by atoms with Crippen molar-refractivity contribution in [2.24, 2.45) is 11.7 Å². The summed E-state index contributed by atoms with van der Waals surface area (Å²) in [4.78, 5) is 25.0. The molecular weight excluding hydrogens is 276 g/mol. The molecule has 0 spiro atoms. The Morgan fingerprint density at radius 2 is 1.90 bits per heavy atom. The Labute approximate surface area is 123 Å². The third-order valence-electron chi connectivity index (χ3n) is 3.82. The maximum absolute atomic E-state index is 12.1. The van der Waals surface area contributed by atoms with Crippen LogP contribution in [0.2, 0.25) is 5.02 Å². The Morgan fingerprint density at radius 3 is 2.50 bits per heavy atom. The minimum atomic E-state index is -0.256. The number of benzene rings is 1. The first-order chi connectivity index (χ1) is 9.58. The molecule has 1 aromatic carbocycles. The van der Waals surface area contributed by atoms with Gasteiger partial charge in [0.05, 0.1) is 0 Å². The molecule has 1 fully saturated rings. The van der Waals surface area contributed by atoms with Crippen LogP contribution in [-0.2, 0) is 16.0 Å². The summed E-state index contributed by atoms with van der Waals surface area (Å²) in [7, 11) is 0. The number of likely N-dealkylation sites (tertiary alicyclic amines) is 1. The highest BCUT2D eigenvalue weighted by atomic mass is 35.5. The Morgan fingerprint density at radius 1 is 1.25 bits per heavy atom. The molecule has 0 aromatic heterocycles. The lowest BCUT2D eigenvalue weighted by atomic mass is 9.96. The topological polar surface area (TPSA) is 63.4 Å². The third kappa shape index (κ3) is 3.73. The van der Waals surface area contributed by atoms with Crippen LogP contribution >= 0.6 is 11.6 Å². The van der Waals surface area contributed by atoms with Crippen molar-refractivity contribution >= 4 is 23.4 Å². The van der Waals surface area contributed by atoms with Gasteiger partial charge in [-0.2, -0.15) is 0 Å². The first-order valence-corrected chi connectivity index (χ1v) is 7.26. The second-order valence-corrected chi connectivity index (χ2v) is 5.56. The van der Waals surface area contributed by atoms with Crippen molar-refractivity contribution in [2.45, 2.75) is 25.7 Å². The van der Waals surface area contributed by atoms with Crippen molar-refractivity contribution < 1.29 is 9.59 Å². The molecule has 1 aliphatic rings. The van der Waals surface area contributed by atoms with Crippen LogP contribution in [0.4, 0.5) is 0 Å². The van der Waals surface area contributed by atoms with E-state index in [0.29, 0.717) is 43.8 Å². The van der Waals surface area contributed by atoms with E-state index in [0.717, 1.165) is 5.56 Å². The van der Waals surface area contributed by atoms with Gasteiger partial charge in [-0.1, -0.05) is 29.8 Å². The Kier molecular flexibility index (Phi) is 5.01. The van der Waals surface area contributed by atoms with Crippen molar-refractivity contribution in [3.8, 4) is 0 Å². The minimum absolute atomic E-state index is 0.0809. The lowest BCUT2D eigenvalue weighted by Crippen LogP contribution is -2.41. The highest BCUT2D eigenvalue weighted by Gasteiger charge is 2.25. The average molecular weight is 295 g/mol. The molecule has 1 saturated heterocycles. The molecule has 1 aromatic rings. The number of halogens is 1. The molecule has 0 unspecified atom stereocenters. The van der Waals surface area contributed by atoms with Gasteiger partial charge in [0.25, 0.3) is 0 Å². The lowest BCUT2D eigenvalue weighted by molar-refractivity contribution is -0.134. The molecule has 1 aliphatic heterocycles. The Balaban J connectivity index is 1.82. The zero-order valence-electron chi connectivity index (χ0n) is 11.3.